The highest BCUT2D eigenvalue weighted by atomic mass is 16.3. The Morgan fingerprint density at radius 3 is 3.08 bits per heavy atom. The van der Waals surface area contributed by atoms with Crippen molar-refractivity contribution in [3.8, 4) is 0 Å². The second-order valence-electron chi connectivity index (χ2n) is 2.86. The van der Waals surface area contributed by atoms with E-state index in [4.69, 9.17) is 4.42 Å². The summed E-state index contributed by atoms with van der Waals surface area (Å²) in [6.45, 7) is 0.744. The van der Waals surface area contributed by atoms with Crippen LogP contribution in [0.5, 0.6) is 0 Å². The number of furan rings is 1. The predicted octanol–water partition coefficient (Wildman–Crippen LogP) is 1.63. The van der Waals surface area contributed by atoms with Crippen LogP contribution < -0.4 is 5.32 Å². The summed E-state index contributed by atoms with van der Waals surface area (Å²) >= 11 is 0. The second-order valence-corrected chi connectivity index (χ2v) is 2.86. The molecule has 0 aliphatic carbocycles. The Kier molecular flexibility index (Phi) is 2.04. The molecule has 0 unspecified atom stereocenters. The zero-order chi connectivity index (χ0) is 9.10. The smallest absolute Gasteiger partial charge is 0.148 e. The molecule has 0 fully saturated rings. The lowest BCUT2D eigenvalue weighted by Crippen LogP contribution is -1.99. The van der Waals surface area contributed by atoms with Crippen LogP contribution in [0.25, 0.3) is 0 Å². The number of nitrogens with zero attached hydrogens (tertiary/aromatic N) is 2. The zero-order valence-corrected chi connectivity index (χ0v) is 7.40. The van der Waals surface area contributed by atoms with E-state index in [-0.39, 0.29) is 0 Å². The molecule has 4 heteroatoms. The van der Waals surface area contributed by atoms with Crippen molar-refractivity contribution in [3.63, 3.8) is 0 Å². The molecule has 0 saturated carbocycles. The van der Waals surface area contributed by atoms with Crippen LogP contribution in [-0.4, -0.2) is 9.78 Å². The third-order valence-corrected chi connectivity index (χ3v) is 1.77. The Bertz CT molecular complexity index is 364. The first-order valence-corrected chi connectivity index (χ1v) is 4.09. The summed E-state index contributed by atoms with van der Waals surface area (Å²) < 4.78 is 6.70. The third kappa shape index (κ3) is 1.90. The van der Waals surface area contributed by atoms with Crippen molar-refractivity contribution in [3.05, 3.63) is 36.4 Å². The molecule has 0 saturated heterocycles. The van der Waals surface area contributed by atoms with Gasteiger partial charge in [-0.2, -0.15) is 5.10 Å². The molecular formula is C9H11N3O. The number of rotatable bonds is 3. The van der Waals surface area contributed by atoms with Crippen LogP contribution in [0.3, 0.4) is 0 Å². The van der Waals surface area contributed by atoms with Crippen LogP contribution in [0, 0.1) is 0 Å². The molecule has 1 N–H and O–H groups in total. The van der Waals surface area contributed by atoms with Crippen molar-refractivity contribution in [1.29, 1.82) is 0 Å². The average Bonchev–Trinajstić information content (AvgIpc) is 2.71. The molecule has 68 valence electrons. The quantitative estimate of drug-likeness (QED) is 0.774. The van der Waals surface area contributed by atoms with E-state index in [9.17, 15) is 0 Å². The Morgan fingerprint density at radius 2 is 2.46 bits per heavy atom. The molecular weight excluding hydrogens is 166 g/mol. The third-order valence-electron chi connectivity index (χ3n) is 1.77. The Balaban J connectivity index is 1.93. The average molecular weight is 177 g/mol. The van der Waals surface area contributed by atoms with Crippen molar-refractivity contribution in [1.82, 2.24) is 9.78 Å². The van der Waals surface area contributed by atoms with Gasteiger partial charge < -0.3 is 9.73 Å². The first-order chi connectivity index (χ1) is 6.34. The summed E-state index contributed by atoms with van der Waals surface area (Å²) in [5.74, 6) is 0.878. The molecule has 2 aromatic heterocycles. The highest BCUT2D eigenvalue weighted by Crippen LogP contribution is 2.05. The van der Waals surface area contributed by atoms with Crippen molar-refractivity contribution in [2.24, 2.45) is 7.05 Å². The SMILES string of the molecule is Cn1ccc(NCc2ccoc2)n1. The van der Waals surface area contributed by atoms with Crippen LogP contribution in [-0.2, 0) is 13.6 Å². The van der Waals surface area contributed by atoms with Crippen molar-refractivity contribution >= 4 is 5.82 Å². The van der Waals surface area contributed by atoms with Crippen molar-refractivity contribution < 1.29 is 4.42 Å². The summed E-state index contributed by atoms with van der Waals surface area (Å²) in [5.41, 5.74) is 1.12. The summed E-state index contributed by atoms with van der Waals surface area (Å²) in [6.07, 6.45) is 5.28. The molecule has 2 aromatic rings. The molecule has 0 radical (unpaired) electrons. The summed E-state index contributed by atoms with van der Waals surface area (Å²) in [4.78, 5) is 0. The van der Waals surface area contributed by atoms with Gasteiger partial charge in [0, 0.05) is 31.4 Å². The summed E-state index contributed by atoms with van der Waals surface area (Å²) in [6, 6.07) is 3.86. The molecule has 13 heavy (non-hydrogen) atoms. The minimum Gasteiger partial charge on any atom is -0.472 e. The number of hydrogen-bond acceptors (Lipinski definition) is 3. The van der Waals surface area contributed by atoms with Gasteiger partial charge in [-0.15, -0.1) is 0 Å². The number of aromatic nitrogens is 2. The Morgan fingerprint density at radius 1 is 1.54 bits per heavy atom. The molecule has 0 aliphatic rings. The highest BCUT2D eigenvalue weighted by Gasteiger charge is 1.96. The van der Waals surface area contributed by atoms with Gasteiger partial charge in [0.15, 0.2) is 0 Å². The van der Waals surface area contributed by atoms with Crippen molar-refractivity contribution in [2.75, 3.05) is 5.32 Å². The van der Waals surface area contributed by atoms with Crippen LogP contribution in [0.1, 0.15) is 5.56 Å². The van der Waals surface area contributed by atoms with Gasteiger partial charge in [-0.25, -0.2) is 0 Å². The Hall–Kier alpha value is -1.71. The van der Waals surface area contributed by atoms with Gasteiger partial charge >= 0.3 is 0 Å². The monoisotopic (exact) mass is 177 g/mol. The molecule has 0 aliphatic heterocycles. The van der Waals surface area contributed by atoms with Crippen LogP contribution in [0.15, 0.2) is 35.3 Å². The lowest BCUT2D eigenvalue weighted by Gasteiger charge is -1.98. The Labute approximate surface area is 76.2 Å². The number of nitrogens with one attached hydrogen (secondary N) is 1. The fourth-order valence-electron chi connectivity index (χ4n) is 1.10. The van der Waals surface area contributed by atoms with Gasteiger partial charge in [0.2, 0.25) is 0 Å². The van der Waals surface area contributed by atoms with Gasteiger partial charge in [0.25, 0.3) is 0 Å². The van der Waals surface area contributed by atoms with Crippen LogP contribution >= 0.6 is 0 Å². The molecule has 4 nitrogen and oxygen atoms in total. The highest BCUT2D eigenvalue weighted by molar-refractivity contribution is 5.33. The first kappa shape index (κ1) is 7.91. The lowest BCUT2D eigenvalue weighted by molar-refractivity contribution is 0.564. The van der Waals surface area contributed by atoms with Gasteiger partial charge in [-0.05, 0) is 6.07 Å². The molecule has 0 amide bonds. The second kappa shape index (κ2) is 3.35. The van der Waals surface area contributed by atoms with Gasteiger partial charge in [0.05, 0.1) is 12.5 Å². The van der Waals surface area contributed by atoms with Gasteiger partial charge in [-0.3, -0.25) is 4.68 Å². The van der Waals surface area contributed by atoms with Gasteiger partial charge in [-0.1, -0.05) is 0 Å². The van der Waals surface area contributed by atoms with E-state index >= 15 is 0 Å². The topological polar surface area (TPSA) is 43.0 Å². The summed E-state index contributed by atoms with van der Waals surface area (Å²) in [7, 11) is 1.89. The van der Waals surface area contributed by atoms with E-state index < -0.39 is 0 Å². The normalized spacial score (nSPS) is 10.2. The zero-order valence-electron chi connectivity index (χ0n) is 7.40. The van der Waals surface area contributed by atoms with E-state index in [1.54, 1.807) is 17.2 Å². The van der Waals surface area contributed by atoms with E-state index in [2.05, 4.69) is 10.4 Å². The van der Waals surface area contributed by atoms with E-state index in [1.807, 2.05) is 25.4 Å². The number of anilines is 1. The van der Waals surface area contributed by atoms with Crippen LogP contribution in [0.4, 0.5) is 5.82 Å². The molecule has 2 heterocycles. The summed E-state index contributed by atoms with van der Waals surface area (Å²) in [5, 5.41) is 7.36. The lowest BCUT2D eigenvalue weighted by atomic mass is 10.3. The maximum absolute atomic E-state index is 4.94. The fourth-order valence-corrected chi connectivity index (χ4v) is 1.10. The number of aryl methyl sites for hydroxylation is 1. The maximum atomic E-state index is 4.94. The van der Waals surface area contributed by atoms with E-state index in [0.717, 1.165) is 17.9 Å². The molecule has 0 spiro atoms. The standard InChI is InChI=1S/C9H11N3O/c1-12-4-2-9(11-12)10-6-8-3-5-13-7-8/h2-5,7H,6H2,1H3,(H,10,11). The fraction of sp³-hybridized carbons (Fsp3) is 0.222. The minimum absolute atomic E-state index is 0.744. The molecule has 0 bridgehead atoms. The molecule has 0 aromatic carbocycles. The minimum atomic E-state index is 0.744. The maximum Gasteiger partial charge on any atom is 0.148 e. The number of hydrogen-bond donors (Lipinski definition) is 1. The molecule has 0 atom stereocenters. The molecule has 2 rings (SSSR count). The largest absolute Gasteiger partial charge is 0.472 e. The predicted molar refractivity (Wildman–Crippen MR) is 49.2 cm³/mol. The van der Waals surface area contributed by atoms with Crippen LogP contribution in [0.2, 0.25) is 0 Å². The van der Waals surface area contributed by atoms with E-state index in [1.165, 1.54) is 0 Å². The van der Waals surface area contributed by atoms with Crippen molar-refractivity contribution in [2.45, 2.75) is 6.54 Å². The van der Waals surface area contributed by atoms with Gasteiger partial charge in [0.1, 0.15) is 5.82 Å². The first-order valence-electron chi connectivity index (χ1n) is 4.09. The van der Waals surface area contributed by atoms with E-state index in [0.29, 0.717) is 0 Å².